The smallest absolute Gasteiger partial charge is 0.224 e. The monoisotopic (exact) mass is 422 g/mol. The molecule has 0 radical (unpaired) electrons. The van der Waals surface area contributed by atoms with Gasteiger partial charge in [0.15, 0.2) is 0 Å². The summed E-state index contributed by atoms with van der Waals surface area (Å²) in [6.07, 6.45) is 8.23. The number of hydrogen-bond acceptors (Lipinski definition) is 3. The lowest BCUT2D eigenvalue weighted by molar-refractivity contribution is -0.152. The van der Waals surface area contributed by atoms with E-state index in [-0.39, 0.29) is 22.9 Å². The molecular formula is C27H38N2O2. The van der Waals surface area contributed by atoms with Crippen LogP contribution in [0.3, 0.4) is 0 Å². The average molecular weight is 423 g/mol. The Kier molecular flexibility index (Phi) is 5.28. The van der Waals surface area contributed by atoms with Crippen molar-refractivity contribution in [3.8, 4) is 0 Å². The van der Waals surface area contributed by atoms with Crippen molar-refractivity contribution in [2.45, 2.75) is 89.8 Å². The second kappa shape index (κ2) is 7.72. The Labute approximate surface area is 187 Å². The maximum Gasteiger partial charge on any atom is 0.224 e. The van der Waals surface area contributed by atoms with Crippen molar-refractivity contribution in [1.82, 2.24) is 10.2 Å². The molecule has 4 nitrogen and oxygen atoms in total. The molecule has 1 N–H and O–H groups in total. The van der Waals surface area contributed by atoms with Crippen LogP contribution < -0.4 is 5.32 Å². The van der Waals surface area contributed by atoms with Gasteiger partial charge in [-0.3, -0.25) is 14.5 Å². The van der Waals surface area contributed by atoms with Gasteiger partial charge in [-0.05, 0) is 87.6 Å². The Morgan fingerprint density at radius 2 is 1.84 bits per heavy atom. The van der Waals surface area contributed by atoms with Crippen LogP contribution in [0.1, 0.15) is 71.3 Å². The number of rotatable bonds is 3. The van der Waals surface area contributed by atoms with Crippen molar-refractivity contribution < 1.29 is 9.59 Å². The van der Waals surface area contributed by atoms with Gasteiger partial charge in [-0.2, -0.15) is 0 Å². The molecule has 1 amide bonds. The number of Topliss-reactive ketones (excluding diaryl/α,β-unsaturated/α-hetero) is 1. The first-order valence-electron chi connectivity index (χ1n) is 12.5. The molecule has 4 aliphatic rings. The Morgan fingerprint density at radius 1 is 1.06 bits per heavy atom. The number of fused-ring (bicyclic) bond motifs is 5. The third-order valence-corrected chi connectivity index (χ3v) is 9.95. The van der Waals surface area contributed by atoms with Gasteiger partial charge in [0.05, 0.1) is 12.5 Å². The highest BCUT2D eigenvalue weighted by Gasteiger charge is 2.60. The first kappa shape index (κ1) is 21.2. The summed E-state index contributed by atoms with van der Waals surface area (Å²) in [5.74, 6) is 2.71. The third kappa shape index (κ3) is 3.37. The van der Waals surface area contributed by atoms with Crippen LogP contribution >= 0.6 is 0 Å². The van der Waals surface area contributed by atoms with E-state index in [0.717, 1.165) is 37.3 Å². The Balaban J connectivity index is 1.30. The van der Waals surface area contributed by atoms with Crippen molar-refractivity contribution in [2.75, 3.05) is 6.54 Å². The number of nitrogens with zero attached hydrogens (tertiary/aromatic N) is 1. The van der Waals surface area contributed by atoms with E-state index >= 15 is 0 Å². The molecule has 0 spiro atoms. The van der Waals surface area contributed by atoms with E-state index in [1.165, 1.54) is 25.7 Å². The van der Waals surface area contributed by atoms with Crippen LogP contribution in [-0.2, 0) is 16.0 Å². The van der Waals surface area contributed by atoms with Gasteiger partial charge in [0.25, 0.3) is 0 Å². The lowest BCUT2D eigenvalue weighted by Crippen LogP contribution is -2.67. The number of amides is 1. The maximum absolute atomic E-state index is 12.8. The highest BCUT2D eigenvalue weighted by Crippen LogP contribution is 2.61. The van der Waals surface area contributed by atoms with E-state index in [1.807, 2.05) is 30.3 Å². The van der Waals surface area contributed by atoms with E-state index in [1.54, 1.807) is 0 Å². The minimum Gasteiger partial charge on any atom is -0.353 e. The molecule has 4 heteroatoms. The standard InChI is InChI=1S/C27H38N2O2/c1-18-23(30)12-15-27(3)22-11-14-26(2)21(20(22)13-16-29(18)27)9-10-24(26)28-25(31)17-19-7-5-4-6-8-19/h4-8,18,20-22,24H,9-17H2,1-3H3,(H,28,31)/t18?,20-,21-,22+,24?,26-,27+/m0/s1. The molecule has 1 aromatic rings. The molecule has 7 atom stereocenters. The van der Waals surface area contributed by atoms with E-state index in [2.05, 4.69) is 31.0 Å². The molecule has 0 bridgehead atoms. The second-order valence-electron chi connectivity index (χ2n) is 11.3. The topological polar surface area (TPSA) is 49.4 Å². The van der Waals surface area contributed by atoms with Crippen molar-refractivity contribution in [3.63, 3.8) is 0 Å². The molecule has 2 saturated heterocycles. The first-order valence-corrected chi connectivity index (χ1v) is 12.5. The number of carbonyl (C=O) groups excluding carboxylic acids is 2. The van der Waals surface area contributed by atoms with Crippen LogP contribution in [-0.4, -0.2) is 40.8 Å². The van der Waals surface area contributed by atoms with Gasteiger partial charge in [-0.15, -0.1) is 0 Å². The van der Waals surface area contributed by atoms with E-state index in [4.69, 9.17) is 0 Å². The lowest BCUT2D eigenvalue weighted by Gasteiger charge is -2.62. The molecule has 2 heterocycles. The molecule has 2 saturated carbocycles. The molecule has 0 aromatic heterocycles. The van der Waals surface area contributed by atoms with Gasteiger partial charge < -0.3 is 5.32 Å². The van der Waals surface area contributed by atoms with Crippen molar-refractivity contribution in [3.05, 3.63) is 35.9 Å². The summed E-state index contributed by atoms with van der Waals surface area (Å²) in [6, 6.07) is 10.5. The minimum absolute atomic E-state index is 0.0848. The summed E-state index contributed by atoms with van der Waals surface area (Å²) in [5, 5.41) is 3.45. The first-order chi connectivity index (χ1) is 14.8. The number of ketones is 1. The van der Waals surface area contributed by atoms with E-state index in [9.17, 15) is 9.59 Å². The summed E-state index contributed by atoms with van der Waals surface area (Å²) >= 11 is 0. The van der Waals surface area contributed by atoms with Gasteiger partial charge in [0.1, 0.15) is 5.78 Å². The number of benzene rings is 1. The molecule has 168 valence electrons. The minimum atomic E-state index is 0.0848. The van der Waals surface area contributed by atoms with Crippen molar-refractivity contribution >= 4 is 11.7 Å². The summed E-state index contributed by atoms with van der Waals surface area (Å²) in [6.45, 7) is 8.09. The number of piperidine rings is 2. The highest BCUT2D eigenvalue weighted by atomic mass is 16.1. The number of hydrogen-bond donors (Lipinski definition) is 1. The average Bonchev–Trinajstić information content (AvgIpc) is 3.08. The van der Waals surface area contributed by atoms with Gasteiger partial charge in [-0.25, -0.2) is 0 Å². The summed E-state index contributed by atoms with van der Waals surface area (Å²) in [7, 11) is 0. The van der Waals surface area contributed by atoms with Crippen LogP contribution in [0, 0.1) is 23.2 Å². The van der Waals surface area contributed by atoms with Crippen LogP contribution in [0.15, 0.2) is 30.3 Å². The number of carbonyl (C=O) groups is 2. The molecule has 5 rings (SSSR count). The van der Waals surface area contributed by atoms with Crippen LogP contribution in [0.4, 0.5) is 0 Å². The van der Waals surface area contributed by atoms with Crippen molar-refractivity contribution in [2.24, 2.45) is 23.2 Å². The Morgan fingerprint density at radius 3 is 2.61 bits per heavy atom. The van der Waals surface area contributed by atoms with Gasteiger partial charge in [0.2, 0.25) is 5.91 Å². The van der Waals surface area contributed by atoms with E-state index in [0.29, 0.717) is 30.1 Å². The zero-order valence-electron chi connectivity index (χ0n) is 19.4. The maximum atomic E-state index is 12.8. The Bertz CT molecular complexity index is 854. The van der Waals surface area contributed by atoms with Gasteiger partial charge >= 0.3 is 0 Å². The lowest BCUT2D eigenvalue weighted by atomic mass is 9.52. The fraction of sp³-hybridized carbons (Fsp3) is 0.704. The zero-order chi connectivity index (χ0) is 21.8. The molecule has 2 aliphatic carbocycles. The fourth-order valence-electron chi connectivity index (χ4n) is 8.21. The summed E-state index contributed by atoms with van der Waals surface area (Å²) in [5.41, 5.74) is 1.47. The van der Waals surface area contributed by atoms with Gasteiger partial charge in [-0.1, -0.05) is 37.3 Å². The second-order valence-corrected chi connectivity index (χ2v) is 11.3. The van der Waals surface area contributed by atoms with Crippen LogP contribution in [0.5, 0.6) is 0 Å². The molecular weight excluding hydrogens is 384 g/mol. The summed E-state index contributed by atoms with van der Waals surface area (Å²) in [4.78, 5) is 27.8. The fourth-order valence-corrected chi connectivity index (χ4v) is 8.21. The quantitative estimate of drug-likeness (QED) is 0.787. The predicted octanol–water partition coefficient (Wildman–Crippen LogP) is 4.37. The van der Waals surface area contributed by atoms with E-state index < -0.39 is 0 Å². The van der Waals surface area contributed by atoms with Crippen LogP contribution in [0.2, 0.25) is 0 Å². The highest BCUT2D eigenvalue weighted by molar-refractivity contribution is 5.84. The molecule has 2 aliphatic heterocycles. The normalized spacial score (nSPS) is 42.4. The molecule has 2 unspecified atom stereocenters. The predicted molar refractivity (Wildman–Crippen MR) is 123 cm³/mol. The summed E-state index contributed by atoms with van der Waals surface area (Å²) < 4.78 is 0. The third-order valence-electron chi connectivity index (χ3n) is 9.95. The van der Waals surface area contributed by atoms with Crippen LogP contribution in [0.25, 0.3) is 0 Å². The molecule has 4 fully saturated rings. The number of nitrogens with one attached hydrogen (secondary N) is 1. The largest absolute Gasteiger partial charge is 0.353 e. The zero-order valence-corrected chi connectivity index (χ0v) is 19.4. The SMILES string of the molecule is CC1C(=O)CC[C@]2(C)[C@@H]3CC[C@]4(C)C(NC(=O)Cc5ccccc5)CC[C@H]4[C@@H]3CCN12. The van der Waals surface area contributed by atoms with Gasteiger partial charge in [0, 0.05) is 18.0 Å². The Hall–Kier alpha value is -1.68. The molecule has 31 heavy (non-hydrogen) atoms. The molecule has 1 aromatic carbocycles. The van der Waals surface area contributed by atoms with Crippen molar-refractivity contribution in [1.29, 1.82) is 0 Å².